The zero-order chi connectivity index (χ0) is 16.8. The van der Waals surface area contributed by atoms with Gasteiger partial charge in [-0.2, -0.15) is 5.10 Å². The number of hydrogen-bond donors (Lipinski definition) is 2. The summed E-state index contributed by atoms with van der Waals surface area (Å²) in [6.45, 7) is 1.91. The number of aromatic nitrogens is 1. The van der Waals surface area contributed by atoms with Crippen molar-refractivity contribution in [2.75, 3.05) is 19.6 Å². The van der Waals surface area contributed by atoms with Crippen molar-refractivity contribution >= 4 is 28.7 Å². The van der Waals surface area contributed by atoms with Crippen molar-refractivity contribution in [3.8, 4) is 11.5 Å². The minimum atomic E-state index is -0.403. The van der Waals surface area contributed by atoms with Gasteiger partial charge in [-0.25, -0.2) is 9.78 Å². The van der Waals surface area contributed by atoms with Crippen LogP contribution in [-0.2, 0) is 11.2 Å². The van der Waals surface area contributed by atoms with Crippen molar-refractivity contribution in [3.05, 3.63) is 34.3 Å². The van der Waals surface area contributed by atoms with Crippen LogP contribution < -0.4 is 10.2 Å². The number of thiazole rings is 1. The number of esters is 1. The predicted octanol–water partition coefficient (Wildman–Crippen LogP) is 2.65. The summed E-state index contributed by atoms with van der Waals surface area (Å²) in [5, 5.41) is 14.1. The lowest BCUT2D eigenvalue weighted by atomic mass is 10.2. The molecule has 122 valence electrons. The van der Waals surface area contributed by atoms with Crippen molar-refractivity contribution in [3.63, 3.8) is 0 Å². The van der Waals surface area contributed by atoms with Crippen molar-refractivity contribution in [2.24, 2.45) is 5.10 Å². The molecule has 7 nitrogen and oxygen atoms in total. The van der Waals surface area contributed by atoms with Gasteiger partial charge >= 0.3 is 5.97 Å². The molecule has 2 aromatic rings. The number of methoxy groups -OCH3 is 2. The number of nitrogens with zero attached hydrogens (tertiary/aromatic N) is 2. The maximum absolute atomic E-state index is 11.6. The molecule has 2 rings (SSSR count). The van der Waals surface area contributed by atoms with Gasteiger partial charge in [0.1, 0.15) is 4.88 Å². The van der Waals surface area contributed by atoms with E-state index in [4.69, 9.17) is 9.47 Å². The molecule has 0 fully saturated rings. The van der Waals surface area contributed by atoms with E-state index in [2.05, 4.69) is 15.5 Å². The summed E-state index contributed by atoms with van der Waals surface area (Å²) >= 11 is 1.19. The third-order valence-corrected chi connectivity index (χ3v) is 3.96. The fourth-order valence-corrected chi connectivity index (χ4v) is 2.75. The number of nitrogens with one attached hydrogen (secondary N) is 1. The first kappa shape index (κ1) is 16.8. The minimum Gasteiger partial charge on any atom is -0.504 e. The van der Waals surface area contributed by atoms with E-state index in [1.165, 1.54) is 31.6 Å². The summed E-state index contributed by atoms with van der Waals surface area (Å²) in [6.07, 6.45) is 2.19. The lowest BCUT2D eigenvalue weighted by Crippen LogP contribution is -2.01. The molecule has 8 heteroatoms. The topological polar surface area (TPSA) is 93.0 Å². The minimum absolute atomic E-state index is 0.0628. The molecule has 0 saturated carbocycles. The molecule has 0 amide bonds. The number of aromatic hydroxyl groups is 1. The number of anilines is 1. The number of carbonyl (C=O) groups excluding carboxylic acids is 1. The van der Waals surface area contributed by atoms with Gasteiger partial charge in [0.05, 0.1) is 26.1 Å². The Balaban J connectivity index is 2.11. The van der Waals surface area contributed by atoms with Crippen LogP contribution in [0.25, 0.3) is 0 Å². The Labute approximate surface area is 137 Å². The standard InChI is InChI=1S/C15H17N3O4S/c1-4-10-13(14(20)22-3)23-15(17-10)18-16-8-9-5-6-11(19)12(7-9)21-2/h5-8,19H,4H2,1-3H3,(H,17,18)/b16-8-. The number of rotatable bonds is 6. The summed E-state index contributed by atoms with van der Waals surface area (Å²) in [7, 11) is 2.81. The zero-order valence-electron chi connectivity index (χ0n) is 13.0. The fraction of sp³-hybridized carbons (Fsp3) is 0.267. The Morgan fingerprint density at radius 1 is 1.48 bits per heavy atom. The summed E-state index contributed by atoms with van der Waals surface area (Å²) in [4.78, 5) is 16.4. The van der Waals surface area contributed by atoms with E-state index in [1.807, 2.05) is 6.92 Å². The monoisotopic (exact) mass is 335 g/mol. The average molecular weight is 335 g/mol. The number of hydrogen-bond acceptors (Lipinski definition) is 8. The second-order valence-corrected chi connectivity index (χ2v) is 5.44. The van der Waals surface area contributed by atoms with Crippen LogP contribution in [0.4, 0.5) is 5.13 Å². The Morgan fingerprint density at radius 2 is 2.26 bits per heavy atom. The summed E-state index contributed by atoms with van der Waals surface area (Å²) in [5.74, 6) is 0.0249. The molecule has 0 saturated heterocycles. The van der Waals surface area contributed by atoms with E-state index in [1.54, 1.807) is 18.3 Å². The highest BCUT2D eigenvalue weighted by molar-refractivity contribution is 7.17. The maximum atomic E-state index is 11.6. The second-order valence-electron chi connectivity index (χ2n) is 4.44. The van der Waals surface area contributed by atoms with Gasteiger partial charge < -0.3 is 14.6 Å². The molecule has 23 heavy (non-hydrogen) atoms. The van der Waals surface area contributed by atoms with Gasteiger partial charge in [-0.3, -0.25) is 5.43 Å². The number of hydrazone groups is 1. The number of phenolic OH excluding ortho intramolecular Hbond substituents is 1. The lowest BCUT2D eigenvalue weighted by Gasteiger charge is -2.03. The molecule has 0 bridgehead atoms. The Morgan fingerprint density at radius 3 is 2.91 bits per heavy atom. The average Bonchev–Trinajstić information content (AvgIpc) is 2.99. The molecule has 0 aliphatic rings. The number of phenols is 1. The Hall–Kier alpha value is -2.61. The maximum Gasteiger partial charge on any atom is 0.350 e. The van der Waals surface area contributed by atoms with Crippen LogP contribution in [0.5, 0.6) is 11.5 Å². The fourth-order valence-electron chi connectivity index (χ4n) is 1.83. The summed E-state index contributed by atoms with van der Waals surface area (Å²) in [5.41, 5.74) is 4.20. The third-order valence-electron chi connectivity index (χ3n) is 2.98. The van der Waals surface area contributed by atoms with Crippen LogP contribution in [0, 0.1) is 0 Å². The lowest BCUT2D eigenvalue weighted by molar-refractivity contribution is 0.0605. The van der Waals surface area contributed by atoms with E-state index in [0.29, 0.717) is 27.9 Å². The van der Waals surface area contributed by atoms with Crippen LogP contribution in [-0.4, -0.2) is 36.5 Å². The van der Waals surface area contributed by atoms with E-state index < -0.39 is 5.97 Å². The molecule has 0 spiro atoms. The van der Waals surface area contributed by atoms with Gasteiger partial charge in [0, 0.05) is 0 Å². The largest absolute Gasteiger partial charge is 0.504 e. The number of aryl methyl sites for hydroxylation is 1. The first-order chi connectivity index (χ1) is 11.1. The van der Waals surface area contributed by atoms with Crippen LogP contribution in [0.2, 0.25) is 0 Å². The van der Waals surface area contributed by atoms with Gasteiger partial charge in [-0.05, 0) is 30.2 Å². The third kappa shape index (κ3) is 3.98. The summed E-state index contributed by atoms with van der Waals surface area (Å²) in [6, 6.07) is 4.87. The zero-order valence-corrected chi connectivity index (χ0v) is 13.8. The molecule has 1 aromatic heterocycles. The van der Waals surface area contributed by atoms with Crippen LogP contribution in [0.1, 0.15) is 27.9 Å². The SMILES string of the molecule is CCc1nc(N/N=C\c2ccc(O)c(OC)c2)sc1C(=O)OC. The molecular formula is C15H17N3O4S. The highest BCUT2D eigenvalue weighted by Gasteiger charge is 2.17. The van der Waals surface area contributed by atoms with Crippen molar-refractivity contribution in [1.29, 1.82) is 0 Å². The summed E-state index contributed by atoms with van der Waals surface area (Å²) < 4.78 is 9.76. The molecule has 2 N–H and O–H groups in total. The van der Waals surface area contributed by atoms with Crippen molar-refractivity contribution in [2.45, 2.75) is 13.3 Å². The van der Waals surface area contributed by atoms with Crippen LogP contribution in [0.3, 0.4) is 0 Å². The molecule has 0 radical (unpaired) electrons. The van der Waals surface area contributed by atoms with Crippen molar-refractivity contribution < 1.29 is 19.4 Å². The van der Waals surface area contributed by atoms with Gasteiger partial charge in [0.25, 0.3) is 0 Å². The van der Waals surface area contributed by atoms with Crippen LogP contribution >= 0.6 is 11.3 Å². The second kappa shape index (κ2) is 7.59. The predicted molar refractivity (Wildman–Crippen MR) is 88.7 cm³/mol. The van der Waals surface area contributed by atoms with E-state index in [0.717, 1.165) is 5.56 Å². The number of benzene rings is 1. The molecule has 1 heterocycles. The van der Waals surface area contributed by atoms with Gasteiger partial charge in [0.2, 0.25) is 5.13 Å². The first-order valence-corrected chi connectivity index (χ1v) is 7.64. The number of carbonyl (C=O) groups is 1. The molecule has 0 unspecified atom stereocenters. The highest BCUT2D eigenvalue weighted by Crippen LogP contribution is 2.26. The van der Waals surface area contributed by atoms with Gasteiger partial charge in [0.15, 0.2) is 11.5 Å². The molecule has 0 atom stereocenters. The molecule has 0 aliphatic heterocycles. The van der Waals surface area contributed by atoms with Gasteiger partial charge in [-0.1, -0.05) is 18.3 Å². The normalized spacial score (nSPS) is 10.7. The quantitative estimate of drug-likeness (QED) is 0.479. The van der Waals surface area contributed by atoms with Crippen LogP contribution in [0.15, 0.2) is 23.3 Å². The highest BCUT2D eigenvalue weighted by atomic mass is 32.1. The van der Waals surface area contributed by atoms with E-state index in [9.17, 15) is 9.90 Å². The van der Waals surface area contributed by atoms with Crippen molar-refractivity contribution in [1.82, 2.24) is 4.98 Å². The van der Waals surface area contributed by atoms with E-state index >= 15 is 0 Å². The Kier molecular flexibility index (Phi) is 5.53. The molecule has 1 aromatic carbocycles. The first-order valence-electron chi connectivity index (χ1n) is 6.83. The number of ether oxygens (including phenoxy) is 2. The molecular weight excluding hydrogens is 318 g/mol. The van der Waals surface area contributed by atoms with Gasteiger partial charge in [-0.15, -0.1) is 0 Å². The van der Waals surface area contributed by atoms with E-state index in [-0.39, 0.29) is 5.75 Å². The smallest absolute Gasteiger partial charge is 0.350 e. The Bertz CT molecular complexity index is 728. The molecule has 0 aliphatic carbocycles.